The predicted molar refractivity (Wildman–Crippen MR) is 125 cm³/mol. The lowest BCUT2D eigenvalue weighted by Gasteiger charge is -2.11. The van der Waals surface area contributed by atoms with Gasteiger partial charge in [-0.25, -0.2) is 14.4 Å². The van der Waals surface area contributed by atoms with E-state index < -0.39 is 17.9 Å². The maximum atomic E-state index is 11.7. The van der Waals surface area contributed by atoms with E-state index >= 15 is 0 Å². The van der Waals surface area contributed by atoms with Crippen LogP contribution < -0.4 is 14.2 Å². The number of carbonyl (C=O) groups is 3. The molecule has 0 unspecified atom stereocenters. The molecule has 0 aliphatic rings. The van der Waals surface area contributed by atoms with Gasteiger partial charge in [-0.2, -0.15) is 0 Å². The zero-order valence-corrected chi connectivity index (χ0v) is 17.7. The standard InChI is InChI=1S/C27H20O6/c1-4-25(28)31-22-14-11-19(12-15-22)18-7-9-20(10-8-18)21-13-16-23(32-26(29)5-2)24(17-21)33-27(30)6-3/h4-17H,1-3H2. The van der Waals surface area contributed by atoms with E-state index in [1.54, 1.807) is 30.3 Å². The topological polar surface area (TPSA) is 78.9 Å². The summed E-state index contributed by atoms with van der Waals surface area (Å²) < 4.78 is 15.5. The molecule has 3 aromatic rings. The monoisotopic (exact) mass is 440 g/mol. The molecule has 0 spiro atoms. The fourth-order valence-electron chi connectivity index (χ4n) is 2.88. The summed E-state index contributed by atoms with van der Waals surface area (Å²) in [5.74, 6) is -1.27. The molecule has 6 nitrogen and oxygen atoms in total. The fourth-order valence-corrected chi connectivity index (χ4v) is 2.88. The van der Waals surface area contributed by atoms with Crippen molar-refractivity contribution >= 4 is 17.9 Å². The molecule has 0 aliphatic heterocycles. The van der Waals surface area contributed by atoms with Crippen LogP contribution in [0, 0.1) is 0 Å². The molecule has 0 amide bonds. The Morgan fingerprint density at radius 3 is 1.42 bits per heavy atom. The van der Waals surface area contributed by atoms with Crippen molar-refractivity contribution in [2.45, 2.75) is 0 Å². The lowest BCUT2D eigenvalue weighted by molar-refractivity contribution is -0.131. The Bertz CT molecular complexity index is 1220. The molecule has 3 aromatic carbocycles. The van der Waals surface area contributed by atoms with Crippen LogP contribution in [0.25, 0.3) is 22.3 Å². The van der Waals surface area contributed by atoms with Crippen molar-refractivity contribution in [2.24, 2.45) is 0 Å². The van der Waals surface area contributed by atoms with Gasteiger partial charge in [0.25, 0.3) is 0 Å². The molecule has 6 heteroatoms. The minimum absolute atomic E-state index is 0.0846. The average Bonchev–Trinajstić information content (AvgIpc) is 2.85. The number of rotatable bonds is 8. The molecular formula is C27H20O6. The van der Waals surface area contributed by atoms with E-state index in [0.717, 1.165) is 40.5 Å². The predicted octanol–water partition coefficient (Wildman–Crippen LogP) is 5.29. The number of esters is 3. The first kappa shape index (κ1) is 23.0. The van der Waals surface area contributed by atoms with Gasteiger partial charge in [0.05, 0.1) is 0 Å². The molecule has 0 atom stereocenters. The largest absolute Gasteiger partial charge is 0.423 e. The summed E-state index contributed by atoms with van der Waals surface area (Å²) >= 11 is 0. The third kappa shape index (κ3) is 5.92. The summed E-state index contributed by atoms with van der Waals surface area (Å²) in [6.07, 6.45) is 3.14. The van der Waals surface area contributed by atoms with Gasteiger partial charge in [-0.05, 0) is 46.5 Å². The van der Waals surface area contributed by atoms with Gasteiger partial charge < -0.3 is 14.2 Å². The van der Waals surface area contributed by atoms with Crippen LogP contribution >= 0.6 is 0 Å². The first-order valence-corrected chi connectivity index (χ1v) is 9.81. The van der Waals surface area contributed by atoms with Crippen LogP contribution in [0.4, 0.5) is 0 Å². The van der Waals surface area contributed by atoms with Crippen LogP contribution in [0.2, 0.25) is 0 Å². The quantitative estimate of drug-likeness (QED) is 0.269. The van der Waals surface area contributed by atoms with Gasteiger partial charge >= 0.3 is 17.9 Å². The van der Waals surface area contributed by atoms with Crippen molar-refractivity contribution in [3.05, 3.63) is 105 Å². The minimum Gasteiger partial charge on any atom is -0.423 e. The average molecular weight is 440 g/mol. The zero-order valence-electron chi connectivity index (χ0n) is 17.7. The molecule has 0 radical (unpaired) electrons. The van der Waals surface area contributed by atoms with Crippen LogP contribution in [0.1, 0.15) is 0 Å². The highest BCUT2D eigenvalue weighted by Gasteiger charge is 2.13. The number of benzene rings is 3. The molecule has 164 valence electrons. The van der Waals surface area contributed by atoms with Crippen molar-refractivity contribution in [1.82, 2.24) is 0 Å². The van der Waals surface area contributed by atoms with Crippen LogP contribution in [-0.2, 0) is 14.4 Å². The van der Waals surface area contributed by atoms with Crippen molar-refractivity contribution in [3.8, 4) is 39.5 Å². The number of hydrogen-bond acceptors (Lipinski definition) is 6. The SMILES string of the molecule is C=CC(=O)Oc1ccc(-c2ccc(-c3ccc(OC(=O)C=C)c(OC(=O)C=C)c3)cc2)cc1. The van der Waals surface area contributed by atoms with Crippen LogP contribution in [0.5, 0.6) is 17.2 Å². The highest BCUT2D eigenvalue weighted by atomic mass is 16.6. The second-order valence-corrected chi connectivity index (χ2v) is 6.64. The highest BCUT2D eigenvalue weighted by molar-refractivity contribution is 5.87. The Morgan fingerprint density at radius 1 is 0.515 bits per heavy atom. The zero-order chi connectivity index (χ0) is 23.8. The van der Waals surface area contributed by atoms with E-state index in [0.29, 0.717) is 5.75 Å². The molecule has 0 saturated heterocycles. The Balaban J connectivity index is 1.85. The van der Waals surface area contributed by atoms with Gasteiger partial charge in [0, 0.05) is 18.2 Å². The maximum Gasteiger partial charge on any atom is 0.335 e. The highest BCUT2D eigenvalue weighted by Crippen LogP contribution is 2.34. The van der Waals surface area contributed by atoms with E-state index in [1.807, 2.05) is 36.4 Å². The van der Waals surface area contributed by atoms with E-state index in [-0.39, 0.29) is 11.5 Å². The normalized spacial score (nSPS) is 9.94. The summed E-state index contributed by atoms with van der Waals surface area (Å²) in [5.41, 5.74) is 3.49. The van der Waals surface area contributed by atoms with Crippen LogP contribution in [0.15, 0.2) is 105 Å². The Kier molecular flexibility index (Phi) is 7.34. The van der Waals surface area contributed by atoms with Crippen LogP contribution in [-0.4, -0.2) is 17.9 Å². The first-order valence-electron chi connectivity index (χ1n) is 9.81. The Morgan fingerprint density at radius 2 is 0.909 bits per heavy atom. The molecule has 0 aliphatic carbocycles. The second kappa shape index (κ2) is 10.5. The number of hydrogen-bond donors (Lipinski definition) is 0. The fraction of sp³-hybridized carbons (Fsp3) is 0. The third-order valence-corrected chi connectivity index (χ3v) is 4.49. The molecule has 0 saturated carbocycles. The van der Waals surface area contributed by atoms with E-state index in [9.17, 15) is 14.4 Å². The van der Waals surface area contributed by atoms with Gasteiger partial charge in [0.2, 0.25) is 0 Å². The number of carbonyl (C=O) groups excluding carboxylic acids is 3. The Labute approximate surface area is 191 Å². The molecule has 0 fully saturated rings. The summed E-state index contributed by atoms with van der Waals surface area (Å²) in [4.78, 5) is 34.6. The lowest BCUT2D eigenvalue weighted by atomic mass is 10.00. The molecule has 0 bridgehead atoms. The van der Waals surface area contributed by atoms with Gasteiger partial charge in [-0.15, -0.1) is 0 Å². The van der Waals surface area contributed by atoms with Crippen molar-refractivity contribution < 1.29 is 28.6 Å². The lowest BCUT2D eigenvalue weighted by Crippen LogP contribution is -2.08. The minimum atomic E-state index is -0.680. The third-order valence-electron chi connectivity index (χ3n) is 4.49. The van der Waals surface area contributed by atoms with Gasteiger partial charge in [0.15, 0.2) is 11.5 Å². The molecule has 0 N–H and O–H groups in total. The van der Waals surface area contributed by atoms with Gasteiger partial charge in [-0.3, -0.25) is 0 Å². The van der Waals surface area contributed by atoms with Crippen molar-refractivity contribution in [1.29, 1.82) is 0 Å². The Hall–Kier alpha value is -4.71. The molecule has 0 aromatic heterocycles. The number of ether oxygens (including phenoxy) is 3. The van der Waals surface area contributed by atoms with Crippen LogP contribution in [0.3, 0.4) is 0 Å². The smallest absolute Gasteiger partial charge is 0.335 e. The van der Waals surface area contributed by atoms with Crippen molar-refractivity contribution in [3.63, 3.8) is 0 Å². The van der Waals surface area contributed by atoms with E-state index in [1.165, 1.54) is 0 Å². The van der Waals surface area contributed by atoms with Crippen molar-refractivity contribution in [2.75, 3.05) is 0 Å². The molecule has 33 heavy (non-hydrogen) atoms. The second-order valence-electron chi connectivity index (χ2n) is 6.64. The van der Waals surface area contributed by atoms with Gasteiger partial charge in [-0.1, -0.05) is 62.2 Å². The molecular weight excluding hydrogens is 420 g/mol. The summed E-state index contributed by atoms with van der Waals surface area (Å²) in [6.45, 7) is 10.1. The summed E-state index contributed by atoms with van der Waals surface area (Å²) in [5, 5.41) is 0. The first-order chi connectivity index (χ1) is 15.9. The molecule has 3 rings (SSSR count). The molecule has 0 heterocycles. The summed E-state index contributed by atoms with van der Waals surface area (Å²) in [7, 11) is 0. The van der Waals surface area contributed by atoms with Gasteiger partial charge in [0.1, 0.15) is 5.75 Å². The summed E-state index contributed by atoms with van der Waals surface area (Å²) in [6, 6.07) is 19.7. The van der Waals surface area contributed by atoms with E-state index in [2.05, 4.69) is 19.7 Å². The van der Waals surface area contributed by atoms with E-state index in [4.69, 9.17) is 14.2 Å². The maximum absolute atomic E-state index is 11.7.